The minimum absolute atomic E-state index is 0.100. The summed E-state index contributed by atoms with van der Waals surface area (Å²) < 4.78 is 26.2. The molecule has 0 radical (unpaired) electrons. The third-order valence-corrected chi connectivity index (χ3v) is 3.62. The van der Waals surface area contributed by atoms with Gasteiger partial charge < -0.3 is 34.3 Å². The van der Waals surface area contributed by atoms with E-state index in [0.29, 0.717) is 0 Å². The lowest BCUT2D eigenvalue weighted by atomic mass is 9.97. The Morgan fingerprint density at radius 2 is 1.40 bits per heavy atom. The van der Waals surface area contributed by atoms with E-state index in [1.165, 1.54) is 0 Å². The summed E-state index contributed by atoms with van der Waals surface area (Å²) in [5.41, 5.74) is 0. The van der Waals surface area contributed by atoms with Gasteiger partial charge in [-0.2, -0.15) is 0 Å². The predicted octanol–water partition coefficient (Wildman–Crippen LogP) is -0.998. The standard InChI is InChI=1S/C18H24N2O10/c1-6-7-19-18(25)20-17-16(29-12(5)24)15(28-11(4)23)14(27-10(3)22)13(30-17)8-26-9(2)21/h1,13-17H,7-8H2,2-5H3,(H2,19,20,25)/t13?,14-,15?,16?,17-/m0/s1. The van der Waals surface area contributed by atoms with Crippen molar-refractivity contribution in [1.82, 2.24) is 10.6 Å². The number of carbonyl (C=O) groups excluding carboxylic acids is 5. The van der Waals surface area contributed by atoms with E-state index in [-0.39, 0.29) is 6.54 Å². The molecule has 5 atom stereocenters. The zero-order valence-corrected chi connectivity index (χ0v) is 17.0. The van der Waals surface area contributed by atoms with E-state index in [9.17, 15) is 24.0 Å². The Morgan fingerprint density at radius 3 is 1.90 bits per heavy atom. The summed E-state index contributed by atoms with van der Waals surface area (Å²) in [7, 11) is 0. The van der Waals surface area contributed by atoms with Gasteiger partial charge >= 0.3 is 29.9 Å². The number of ether oxygens (including phenoxy) is 5. The van der Waals surface area contributed by atoms with Crippen molar-refractivity contribution in [3.05, 3.63) is 0 Å². The van der Waals surface area contributed by atoms with E-state index in [1.54, 1.807) is 0 Å². The Hall–Kier alpha value is -3.33. The van der Waals surface area contributed by atoms with Gasteiger partial charge in [-0.15, -0.1) is 6.42 Å². The number of amides is 2. The average Bonchev–Trinajstić information content (AvgIpc) is 2.62. The van der Waals surface area contributed by atoms with Crippen molar-refractivity contribution in [2.24, 2.45) is 0 Å². The second kappa shape index (κ2) is 11.6. The molecule has 1 aliphatic heterocycles. The average molecular weight is 428 g/mol. The number of rotatable bonds is 7. The first-order valence-electron chi connectivity index (χ1n) is 8.83. The number of terminal acetylenes is 1. The van der Waals surface area contributed by atoms with Gasteiger partial charge in [-0.05, 0) is 0 Å². The van der Waals surface area contributed by atoms with Gasteiger partial charge in [0.15, 0.2) is 24.5 Å². The quantitative estimate of drug-likeness (QED) is 0.293. The highest BCUT2D eigenvalue weighted by Gasteiger charge is 2.52. The molecule has 166 valence electrons. The third kappa shape index (κ3) is 7.96. The molecule has 30 heavy (non-hydrogen) atoms. The smallest absolute Gasteiger partial charge is 0.317 e. The number of nitrogens with one attached hydrogen (secondary N) is 2. The van der Waals surface area contributed by atoms with Crippen LogP contribution in [-0.2, 0) is 42.9 Å². The van der Waals surface area contributed by atoms with Crippen LogP contribution in [0.3, 0.4) is 0 Å². The van der Waals surface area contributed by atoms with Gasteiger partial charge in [0.05, 0.1) is 6.54 Å². The van der Waals surface area contributed by atoms with Crippen LogP contribution in [0.2, 0.25) is 0 Å². The molecule has 1 fully saturated rings. The molecule has 2 amide bonds. The monoisotopic (exact) mass is 428 g/mol. The van der Waals surface area contributed by atoms with E-state index in [4.69, 9.17) is 30.1 Å². The van der Waals surface area contributed by atoms with Gasteiger partial charge in [0.1, 0.15) is 12.7 Å². The molecular formula is C18H24N2O10. The summed E-state index contributed by atoms with van der Waals surface area (Å²) in [6, 6.07) is -0.770. The Morgan fingerprint density at radius 1 is 0.867 bits per heavy atom. The van der Waals surface area contributed by atoms with E-state index >= 15 is 0 Å². The first-order chi connectivity index (χ1) is 14.0. The summed E-state index contributed by atoms with van der Waals surface area (Å²) in [4.78, 5) is 58.2. The van der Waals surface area contributed by atoms with Crippen molar-refractivity contribution in [2.45, 2.75) is 58.3 Å². The Labute approximate surface area is 172 Å². The number of hydrogen-bond acceptors (Lipinski definition) is 10. The molecule has 0 aromatic heterocycles. The normalized spacial score (nSPS) is 25.1. The highest BCUT2D eigenvalue weighted by atomic mass is 16.7. The lowest BCUT2D eigenvalue weighted by Gasteiger charge is -2.44. The van der Waals surface area contributed by atoms with Crippen molar-refractivity contribution >= 4 is 29.9 Å². The Kier molecular flexibility index (Phi) is 9.57. The summed E-state index contributed by atoms with van der Waals surface area (Å²) in [5.74, 6) is -0.765. The maximum Gasteiger partial charge on any atom is 0.317 e. The second-order valence-electron chi connectivity index (χ2n) is 6.15. The Bertz CT molecular complexity index is 716. The van der Waals surface area contributed by atoms with Gasteiger partial charge in [-0.25, -0.2) is 4.79 Å². The van der Waals surface area contributed by atoms with Crippen LogP contribution >= 0.6 is 0 Å². The maximum absolute atomic E-state index is 12.0. The van der Waals surface area contributed by atoms with Crippen LogP contribution in [0, 0.1) is 12.3 Å². The molecule has 3 unspecified atom stereocenters. The number of hydrogen-bond donors (Lipinski definition) is 2. The Balaban J connectivity index is 3.29. The SMILES string of the molecule is C#CCNC(=O)N[C@H]1OC(COC(C)=O)[C@H](OC(C)=O)C(OC(C)=O)C1OC(C)=O. The van der Waals surface area contributed by atoms with Crippen LogP contribution < -0.4 is 10.6 Å². The lowest BCUT2D eigenvalue weighted by Crippen LogP contribution is -2.66. The molecule has 0 saturated carbocycles. The largest absolute Gasteiger partial charge is 0.463 e. The van der Waals surface area contributed by atoms with Crippen LogP contribution in [0.25, 0.3) is 0 Å². The molecule has 0 aliphatic carbocycles. The first-order valence-corrected chi connectivity index (χ1v) is 8.83. The molecule has 12 heteroatoms. The molecule has 1 saturated heterocycles. The maximum atomic E-state index is 12.0. The van der Waals surface area contributed by atoms with Crippen molar-refractivity contribution in [2.75, 3.05) is 13.2 Å². The zero-order valence-electron chi connectivity index (χ0n) is 17.0. The minimum atomic E-state index is -1.39. The molecule has 1 rings (SSSR count). The van der Waals surface area contributed by atoms with Crippen LogP contribution in [0.1, 0.15) is 27.7 Å². The molecule has 0 aromatic rings. The van der Waals surface area contributed by atoms with Gasteiger partial charge in [0.2, 0.25) is 0 Å². The minimum Gasteiger partial charge on any atom is -0.463 e. The fourth-order valence-corrected chi connectivity index (χ4v) is 2.66. The lowest BCUT2D eigenvalue weighted by molar-refractivity contribution is -0.255. The van der Waals surface area contributed by atoms with Gasteiger partial charge in [-0.3, -0.25) is 19.2 Å². The molecule has 0 spiro atoms. The fourth-order valence-electron chi connectivity index (χ4n) is 2.66. The number of esters is 4. The highest BCUT2D eigenvalue weighted by molar-refractivity contribution is 5.74. The summed E-state index contributed by atoms with van der Waals surface area (Å²) in [6.07, 6.45) is -1.50. The number of urea groups is 1. The predicted molar refractivity (Wildman–Crippen MR) is 97.3 cm³/mol. The summed E-state index contributed by atoms with van der Waals surface area (Å²) in [5, 5.41) is 4.72. The van der Waals surface area contributed by atoms with Crippen molar-refractivity contribution < 1.29 is 47.7 Å². The van der Waals surface area contributed by atoms with E-state index in [1.807, 2.05) is 0 Å². The van der Waals surface area contributed by atoms with Crippen molar-refractivity contribution in [3.63, 3.8) is 0 Å². The zero-order chi connectivity index (χ0) is 22.8. The third-order valence-electron chi connectivity index (χ3n) is 3.62. The fraction of sp³-hybridized carbons (Fsp3) is 0.611. The van der Waals surface area contributed by atoms with Crippen molar-refractivity contribution in [1.29, 1.82) is 0 Å². The van der Waals surface area contributed by atoms with Gasteiger partial charge in [0.25, 0.3) is 0 Å². The summed E-state index contributed by atoms with van der Waals surface area (Å²) >= 11 is 0. The highest BCUT2D eigenvalue weighted by Crippen LogP contribution is 2.28. The first kappa shape index (κ1) is 24.7. The summed E-state index contributed by atoms with van der Waals surface area (Å²) in [6.45, 7) is 3.93. The molecule has 12 nitrogen and oxygen atoms in total. The van der Waals surface area contributed by atoms with Crippen LogP contribution in [0.15, 0.2) is 0 Å². The van der Waals surface area contributed by atoms with Crippen LogP contribution in [0.5, 0.6) is 0 Å². The van der Waals surface area contributed by atoms with Crippen LogP contribution in [-0.4, -0.2) is 73.7 Å². The molecule has 1 aliphatic rings. The topological polar surface area (TPSA) is 156 Å². The molecular weight excluding hydrogens is 404 g/mol. The second-order valence-corrected chi connectivity index (χ2v) is 6.15. The van der Waals surface area contributed by atoms with Crippen molar-refractivity contribution in [3.8, 4) is 12.3 Å². The van der Waals surface area contributed by atoms with Gasteiger partial charge in [-0.1, -0.05) is 5.92 Å². The number of carbonyl (C=O) groups is 5. The van der Waals surface area contributed by atoms with Crippen LogP contribution in [0.4, 0.5) is 4.79 Å². The molecule has 2 N–H and O–H groups in total. The van der Waals surface area contributed by atoms with Gasteiger partial charge in [0, 0.05) is 27.7 Å². The van der Waals surface area contributed by atoms with E-state index < -0.39 is 67.2 Å². The molecule has 0 bridgehead atoms. The molecule has 1 heterocycles. The van der Waals surface area contributed by atoms with E-state index in [2.05, 4.69) is 16.6 Å². The molecule has 0 aromatic carbocycles. The van der Waals surface area contributed by atoms with E-state index in [0.717, 1.165) is 27.7 Å².